The van der Waals surface area contributed by atoms with Crippen LogP contribution >= 0.6 is 0 Å². The van der Waals surface area contributed by atoms with E-state index in [4.69, 9.17) is 0 Å². The Balaban J connectivity index is -0.0000000968. The van der Waals surface area contributed by atoms with Crippen molar-refractivity contribution in [2.24, 2.45) is 0 Å². The number of hydrogen-bond donors (Lipinski definition) is 0. The molecule has 0 spiro atoms. The Kier molecular flexibility index (Phi) is 41.5. The first-order valence-electron chi connectivity index (χ1n) is 8.64. The third-order valence-electron chi connectivity index (χ3n) is 1.87. The zero-order valence-corrected chi connectivity index (χ0v) is 16.3. The first-order chi connectivity index (χ1) is 10.3. The Labute approximate surface area is 136 Å². The molecular weight excluding hydrogens is 252 g/mol. The second kappa shape index (κ2) is 31.2. The molecule has 0 unspecified atom stereocenters. The lowest BCUT2D eigenvalue weighted by Crippen LogP contribution is -1.70. The van der Waals surface area contributed by atoms with Gasteiger partial charge in [0.25, 0.3) is 0 Å². The van der Waals surface area contributed by atoms with Crippen molar-refractivity contribution in [2.75, 3.05) is 0 Å². The number of rotatable bonds is 0. The van der Waals surface area contributed by atoms with E-state index in [1.807, 2.05) is 55.4 Å². The minimum absolute atomic E-state index is 1.14. The Morgan fingerprint density at radius 1 is 0.524 bits per heavy atom. The van der Waals surface area contributed by atoms with Crippen molar-refractivity contribution in [1.82, 2.24) is 0 Å². The number of aryl methyl sites for hydroxylation is 2. The Hall–Kier alpha value is -1.30. The molecule has 0 aliphatic heterocycles. The quantitative estimate of drug-likeness (QED) is 0.455. The van der Waals surface area contributed by atoms with E-state index in [1.54, 1.807) is 0 Å². The molecule has 0 fully saturated rings. The zero-order chi connectivity index (χ0) is 17.5. The van der Waals surface area contributed by atoms with Gasteiger partial charge in [0, 0.05) is 0 Å². The summed E-state index contributed by atoms with van der Waals surface area (Å²) in [5, 5.41) is 0. The highest BCUT2D eigenvalue weighted by molar-refractivity contribution is 5.19. The molecule has 0 N–H and O–H groups in total. The van der Waals surface area contributed by atoms with Crippen molar-refractivity contribution in [2.45, 2.75) is 75.7 Å². The van der Waals surface area contributed by atoms with E-state index >= 15 is 0 Å². The second-order valence-electron chi connectivity index (χ2n) is 3.25. The average molecular weight is 293 g/mol. The molecule has 0 atom stereocenters. The standard InChI is InChI=1S/C8H10.C5H6.4C2H6/c1-7-3-5-8(2)6-4-7;1-2-4-5-3-1;4*1-2/h3-6H,1-2H3;1-4H,5H2;4*1-2H3. The van der Waals surface area contributed by atoms with Crippen LogP contribution in [0.3, 0.4) is 0 Å². The molecule has 0 saturated carbocycles. The molecule has 0 bridgehead atoms. The summed E-state index contributed by atoms with van der Waals surface area (Å²) in [7, 11) is 0. The summed E-state index contributed by atoms with van der Waals surface area (Å²) >= 11 is 0. The SMILES string of the molecule is C1=CCC=C1.CC.CC.CC.CC.Cc1ccc(C)cc1. The van der Waals surface area contributed by atoms with Crippen LogP contribution < -0.4 is 0 Å². The highest BCUT2D eigenvalue weighted by Gasteiger charge is 1.79. The number of allylic oxidation sites excluding steroid dienone is 4. The van der Waals surface area contributed by atoms with Gasteiger partial charge in [0.1, 0.15) is 0 Å². The third kappa shape index (κ3) is 27.8. The summed E-state index contributed by atoms with van der Waals surface area (Å²) in [6.45, 7) is 20.2. The van der Waals surface area contributed by atoms with Gasteiger partial charge in [0.05, 0.1) is 0 Å². The molecule has 1 aliphatic rings. The van der Waals surface area contributed by atoms with Gasteiger partial charge in [0.2, 0.25) is 0 Å². The van der Waals surface area contributed by atoms with E-state index in [1.165, 1.54) is 11.1 Å². The normalized spacial score (nSPS) is 8.86. The molecule has 0 radical (unpaired) electrons. The Morgan fingerprint density at radius 3 is 0.905 bits per heavy atom. The lowest BCUT2D eigenvalue weighted by atomic mass is 10.2. The summed E-state index contributed by atoms with van der Waals surface area (Å²) in [6, 6.07) is 8.48. The Bertz CT molecular complexity index is 257. The number of hydrogen-bond acceptors (Lipinski definition) is 0. The van der Waals surface area contributed by atoms with Gasteiger partial charge in [-0.2, -0.15) is 0 Å². The van der Waals surface area contributed by atoms with Gasteiger partial charge in [0.15, 0.2) is 0 Å². The summed E-state index contributed by atoms with van der Waals surface area (Å²) in [6.07, 6.45) is 9.50. The van der Waals surface area contributed by atoms with Crippen molar-refractivity contribution in [1.29, 1.82) is 0 Å². The van der Waals surface area contributed by atoms with Crippen LogP contribution in [0.5, 0.6) is 0 Å². The molecule has 2 rings (SSSR count). The van der Waals surface area contributed by atoms with E-state index in [0.29, 0.717) is 0 Å². The van der Waals surface area contributed by atoms with Gasteiger partial charge >= 0.3 is 0 Å². The molecule has 124 valence electrons. The fourth-order valence-electron chi connectivity index (χ4n) is 1.03. The first-order valence-corrected chi connectivity index (χ1v) is 8.64. The molecule has 1 aliphatic carbocycles. The van der Waals surface area contributed by atoms with Crippen molar-refractivity contribution in [3.63, 3.8) is 0 Å². The predicted molar refractivity (Wildman–Crippen MR) is 104 cm³/mol. The van der Waals surface area contributed by atoms with Gasteiger partial charge in [-0.3, -0.25) is 0 Å². The van der Waals surface area contributed by atoms with E-state index in [-0.39, 0.29) is 0 Å². The molecule has 1 aromatic rings. The first kappa shape index (κ1) is 27.9. The van der Waals surface area contributed by atoms with Crippen molar-refractivity contribution in [3.05, 3.63) is 59.7 Å². The minimum Gasteiger partial charge on any atom is -0.0808 e. The van der Waals surface area contributed by atoms with Crippen LogP contribution in [0.1, 0.15) is 72.9 Å². The Morgan fingerprint density at radius 2 is 0.762 bits per heavy atom. The molecule has 0 nitrogen and oxygen atoms in total. The molecule has 1 aromatic carbocycles. The van der Waals surface area contributed by atoms with Crippen LogP contribution in [0.2, 0.25) is 0 Å². The largest absolute Gasteiger partial charge is 0.0808 e. The molecular formula is C21H40. The summed E-state index contributed by atoms with van der Waals surface area (Å²) in [4.78, 5) is 0. The predicted octanol–water partition coefficient (Wildman–Crippen LogP) is 7.91. The monoisotopic (exact) mass is 292 g/mol. The highest BCUT2D eigenvalue weighted by Crippen LogP contribution is 1.99. The van der Waals surface area contributed by atoms with E-state index in [2.05, 4.69) is 62.4 Å². The van der Waals surface area contributed by atoms with Gasteiger partial charge in [-0.1, -0.05) is 115 Å². The smallest absolute Gasteiger partial charge is 0.0163 e. The fraction of sp³-hybridized carbons (Fsp3) is 0.524. The summed E-state index contributed by atoms with van der Waals surface area (Å²) in [5.41, 5.74) is 2.66. The van der Waals surface area contributed by atoms with Crippen LogP contribution in [0.4, 0.5) is 0 Å². The zero-order valence-electron chi connectivity index (χ0n) is 16.3. The average Bonchev–Trinajstić information content (AvgIpc) is 3.18. The highest BCUT2D eigenvalue weighted by atomic mass is 13.9. The van der Waals surface area contributed by atoms with E-state index in [9.17, 15) is 0 Å². The molecule has 21 heavy (non-hydrogen) atoms. The van der Waals surface area contributed by atoms with Gasteiger partial charge in [-0.25, -0.2) is 0 Å². The fourth-order valence-corrected chi connectivity index (χ4v) is 1.03. The van der Waals surface area contributed by atoms with Crippen LogP contribution in [-0.2, 0) is 0 Å². The lowest BCUT2D eigenvalue weighted by molar-refractivity contribution is 1.40. The molecule has 0 aromatic heterocycles. The minimum atomic E-state index is 1.14. The molecule has 0 saturated heterocycles. The van der Waals surface area contributed by atoms with E-state index < -0.39 is 0 Å². The van der Waals surface area contributed by atoms with Gasteiger partial charge < -0.3 is 0 Å². The van der Waals surface area contributed by atoms with Crippen LogP contribution in [0, 0.1) is 13.8 Å². The van der Waals surface area contributed by atoms with Crippen LogP contribution in [-0.4, -0.2) is 0 Å². The maximum Gasteiger partial charge on any atom is -0.0163 e. The molecule has 0 heteroatoms. The van der Waals surface area contributed by atoms with Crippen LogP contribution in [0.25, 0.3) is 0 Å². The van der Waals surface area contributed by atoms with Crippen molar-refractivity contribution >= 4 is 0 Å². The van der Waals surface area contributed by atoms with Gasteiger partial charge in [-0.15, -0.1) is 0 Å². The van der Waals surface area contributed by atoms with Crippen molar-refractivity contribution in [3.8, 4) is 0 Å². The third-order valence-corrected chi connectivity index (χ3v) is 1.87. The second-order valence-corrected chi connectivity index (χ2v) is 3.25. The molecule has 0 heterocycles. The maximum absolute atomic E-state index is 2.12. The van der Waals surface area contributed by atoms with Gasteiger partial charge in [-0.05, 0) is 20.3 Å². The molecule has 0 amide bonds. The van der Waals surface area contributed by atoms with E-state index in [0.717, 1.165) is 6.42 Å². The maximum atomic E-state index is 2.12. The summed E-state index contributed by atoms with van der Waals surface area (Å²) < 4.78 is 0. The summed E-state index contributed by atoms with van der Waals surface area (Å²) in [5.74, 6) is 0. The lowest BCUT2D eigenvalue weighted by Gasteiger charge is -1.90. The van der Waals surface area contributed by atoms with Crippen molar-refractivity contribution < 1.29 is 0 Å². The van der Waals surface area contributed by atoms with Crippen LogP contribution in [0.15, 0.2) is 48.6 Å². The number of benzene rings is 1. The topological polar surface area (TPSA) is 0 Å².